The Bertz CT molecular complexity index is 4230. The van der Waals surface area contributed by atoms with Gasteiger partial charge >= 0.3 is 0 Å². The van der Waals surface area contributed by atoms with Crippen molar-refractivity contribution in [1.82, 2.24) is 19.5 Å². The topological polar surface area (TPSA) is 56.7 Å². The Morgan fingerprint density at radius 3 is 1.89 bits per heavy atom. The van der Waals surface area contributed by atoms with Gasteiger partial charge in [-0.05, 0) is 75.5 Å². The third-order valence-electron chi connectivity index (χ3n) is 12.8. The third kappa shape index (κ3) is 5.19. The lowest BCUT2D eigenvalue weighted by atomic mass is 10.0. The molecule has 0 N–H and O–H groups in total. The summed E-state index contributed by atoms with van der Waals surface area (Å²) in [5.74, 6) is 1.81. The summed E-state index contributed by atoms with van der Waals surface area (Å²) in [4.78, 5) is 16.3. The highest BCUT2D eigenvalue weighted by molar-refractivity contribution is 7.25. The van der Waals surface area contributed by atoms with Crippen molar-refractivity contribution in [3.05, 3.63) is 194 Å². The molecule has 5 nitrogen and oxygen atoms in total. The number of fused-ring (bicyclic) bond motifs is 13. The molecule has 6 heteroatoms. The number of hydrogen-bond acceptors (Lipinski definition) is 5. The van der Waals surface area contributed by atoms with E-state index in [1.165, 1.54) is 36.3 Å². The van der Waals surface area contributed by atoms with Crippen LogP contribution in [0, 0.1) is 0 Å². The monoisotopic (exact) mass is 820 g/mol. The Kier molecular flexibility index (Phi) is 7.21. The molecule has 0 spiro atoms. The lowest BCUT2D eigenvalue weighted by molar-refractivity contribution is 0.672. The summed E-state index contributed by atoms with van der Waals surface area (Å²) >= 11 is 1.79. The predicted molar refractivity (Wildman–Crippen MR) is 263 cm³/mol. The minimum Gasteiger partial charge on any atom is -0.455 e. The second kappa shape index (κ2) is 13.2. The molecule has 0 atom stereocenters. The van der Waals surface area contributed by atoms with E-state index in [1.807, 2.05) is 0 Å². The first-order chi connectivity index (χ1) is 31.2. The molecule has 10 aromatic carbocycles. The third-order valence-corrected chi connectivity index (χ3v) is 13.9. The number of para-hydroxylation sites is 1. The Labute approximate surface area is 363 Å². The molecule has 0 aliphatic carbocycles. The predicted octanol–water partition coefficient (Wildman–Crippen LogP) is 15.7. The maximum atomic E-state index is 7.05. The van der Waals surface area contributed by atoms with Crippen LogP contribution in [0.15, 0.2) is 199 Å². The molecular weight excluding hydrogens is 789 g/mol. The van der Waals surface area contributed by atoms with Gasteiger partial charge in [0.05, 0.1) is 16.7 Å². The zero-order valence-corrected chi connectivity index (χ0v) is 34.4. The number of nitrogens with zero attached hydrogens (tertiary/aromatic N) is 4. The van der Waals surface area contributed by atoms with Crippen molar-refractivity contribution in [3.8, 4) is 39.9 Å². The zero-order valence-electron chi connectivity index (χ0n) is 33.6. The second-order valence-corrected chi connectivity index (χ2v) is 17.4. The fraction of sp³-hybridized carbons (Fsp3) is 0. The molecule has 4 heterocycles. The Balaban J connectivity index is 1.12. The highest BCUT2D eigenvalue weighted by Crippen LogP contribution is 2.44. The molecule has 14 rings (SSSR count). The molecule has 0 bridgehead atoms. The summed E-state index contributed by atoms with van der Waals surface area (Å²) in [6.07, 6.45) is 0. The number of rotatable bonds is 4. The number of aromatic nitrogens is 4. The fourth-order valence-electron chi connectivity index (χ4n) is 9.89. The van der Waals surface area contributed by atoms with Crippen LogP contribution in [0.25, 0.3) is 136 Å². The molecule has 63 heavy (non-hydrogen) atoms. The van der Waals surface area contributed by atoms with Crippen molar-refractivity contribution < 1.29 is 4.42 Å². The molecule has 0 aliphatic heterocycles. The van der Waals surface area contributed by atoms with Crippen LogP contribution < -0.4 is 0 Å². The Morgan fingerprint density at radius 1 is 0.381 bits per heavy atom. The van der Waals surface area contributed by atoms with Crippen molar-refractivity contribution in [1.29, 1.82) is 0 Å². The normalized spacial score (nSPS) is 12.1. The van der Waals surface area contributed by atoms with E-state index in [0.717, 1.165) is 82.3 Å². The average Bonchev–Trinajstić information content (AvgIpc) is 4.02. The number of benzene rings is 10. The van der Waals surface area contributed by atoms with Crippen molar-refractivity contribution >= 4 is 108 Å². The lowest BCUT2D eigenvalue weighted by Crippen LogP contribution is -2.02. The Hall–Kier alpha value is -8.19. The minimum absolute atomic E-state index is 0.577. The van der Waals surface area contributed by atoms with Crippen LogP contribution in [0.2, 0.25) is 0 Å². The molecule has 292 valence electrons. The molecule has 0 fully saturated rings. The smallest absolute Gasteiger partial charge is 0.164 e. The molecule has 0 saturated carbocycles. The van der Waals surface area contributed by atoms with E-state index in [9.17, 15) is 0 Å². The molecule has 0 saturated heterocycles. The van der Waals surface area contributed by atoms with Crippen LogP contribution in [-0.4, -0.2) is 19.5 Å². The van der Waals surface area contributed by atoms with Gasteiger partial charge in [-0.1, -0.05) is 140 Å². The van der Waals surface area contributed by atoms with E-state index >= 15 is 0 Å². The van der Waals surface area contributed by atoms with Gasteiger partial charge in [-0.3, -0.25) is 0 Å². The lowest BCUT2D eigenvalue weighted by Gasteiger charge is -2.13. The van der Waals surface area contributed by atoms with Gasteiger partial charge in [-0.2, -0.15) is 0 Å². The summed E-state index contributed by atoms with van der Waals surface area (Å²) in [7, 11) is 0. The first-order valence-electron chi connectivity index (χ1n) is 21.2. The van der Waals surface area contributed by atoms with Crippen LogP contribution >= 0.6 is 11.3 Å². The van der Waals surface area contributed by atoms with Gasteiger partial charge < -0.3 is 8.98 Å². The summed E-state index contributed by atoms with van der Waals surface area (Å²) in [6, 6.07) is 69.1. The van der Waals surface area contributed by atoms with Gasteiger partial charge in [0, 0.05) is 69.9 Å². The van der Waals surface area contributed by atoms with Gasteiger partial charge in [0.1, 0.15) is 11.2 Å². The van der Waals surface area contributed by atoms with Gasteiger partial charge in [-0.15, -0.1) is 11.3 Å². The van der Waals surface area contributed by atoms with E-state index < -0.39 is 0 Å². The van der Waals surface area contributed by atoms with Crippen LogP contribution in [0.1, 0.15) is 0 Å². The molecule has 14 aromatic rings. The highest BCUT2D eigenvalue weighted by Gasteiger charge is 2.24. The average molecular weight is 821 g/mol. The molecule has 0 aliphatic rings. The summed E-state index contributed by atoms with van der Waals surface area (Å²) in [5.41, 5.74) is 7.56. The summed E-state index contributed by atoms with van der Waals surface area (Å²) in [6.45, 7) is 0. The van der Waals surface area contributed by atoms with Gasteiger partial charge in [0.25, 0.3) is 0 Å². The van der Waals surface area contributed by atoms with Crippen LogP contribution in [0.3, 0.4) is 0 Å². The first kappa shape index (κ1) is 34.5. The van der Waals surface area contributed by atoms with Crippen LogP contribution in [0.5, 0.6) is 0 Å². The SMILES string of the molecule is c1ccc2cc(-c3nc(-c4cc(-n5c6ccccc6c6cc7ccccc7cc65)cc5oc6c7ccccc7ccc6c45)nc(-c4cccc5sc6ccccc6c45)n3)ccc2c1. The molecule has 0 radical (unpaired) electrons. The molecule has 0 amide bonds. The first-order valence-corrected chi connectivity index (χ1v) is 22.0. The van der Waals surface area contributed by atoms with E-state index in [2.05, 4.69) is 199 Å². The highest BCUT2D eigenvalue weighted by atomic mass is 32.1. The molecular formula is C57H32N4OS. The Morgan fingerprint density at radius 2 is 1.03 bits per heavy atom. The van der Waals surface area contributed by atoms with Crippen molar-refractivity contribution in [2.75, 3.05) is 0 Å². The maximum Gasteiger partial charge on any atom is 0.164 e. The number of furan rings is 1. The van der Waals surface area contributed by atoms with Gasteiger partial charge in [0.2, 0.25) is 0 Å². The van der Waals surface area contributed by atoms with E-state index in [4.69, 9.17) is 19.4 Å². The number of thiophene rings is 1. The van der Waals surface area contributed by atoms with Gasteiger partial charge in [-0.25, -0.2) is 15.0 Å². The largest absolute Gasteiger partial charge is 0.455 e. The van der Waals surface area contributed by atoms with Crippen LogP contribution in [0.4, 0.5) is 0 Å². The van der Waals surface area contributed by atoms with Crippen LogP contribution in [-0.2, 0) is 0 Å². The zero-order chi connectivity index (χ0) is 41.2. The minimum atomic E-state index is 0.577. The summed E-state index contributed by atoms with van der Waals surface area (Å²) in [5, 5.41) is 13.6. The van der Waals surface area contributed by atoms with Gasteiger partial charge in [0.15, 0.2) is 17.5 Å². The second-order valence-electron chi connectivity index (χ2n) is 16.3. The van der Waals surface area contributed by atoms with E-state index in [-0.39, 0.29) is 0 Å². The van der Waals surface area contributed by atoms with Crippen molar-refractivity contribution in [2.24, 2.45) is 0 Å². The molecule has 4 aromatic heterocycles. The standard InChI is InChI=1S/C57H32N4OS/c1-2-14-35-28-38(25-24-33(35)12-1)55-58-56(44-20-11-23-51-53(44)42-19-8-10-22-50(42)63-51)60-57(59-55)46-31-39(32-49-52(46)43-27-26-34-13-5-6-17-40(34)54(43)62-49)61-47-21-9-7-18-41(47)45-29-36-15-3-4-16-37(36)30-48(45)61/h1-32H. The van der Waals surface area contributed by atoms with Crippen molar-refractivity contribution in [3.63, 3.8) is 0 Å². The maximum absolute atomic E-state index is 7.05. The quantitative estimate of drug-likeness (QED) is 0.177. The van der Waals surface area contributed by atoms with E-state index in [0.29, 0.717) is 17.5 Å². The summed E-state index contributed by atoms with van der Waals surface area (Å²) < 4.78 is 11.8. The number of hydrogen-bond donors (Lipinski definition) is 0. The van der Waals surface area contributed by atoms with Crippen molar-refractivity contribution in [2.45, 2.75) is 0 Å². The fourth-order valence-corrected chi connectivity index (χ4v) is 11.0. The molecule has 0 unspecified atom stereocenters. The van der Waals surface area contributed by atoms with E-state index in [1.54, 1.807) is 11.3 Å².